The Morgan fingerprint density at radius 1 is 1.41 bits per heavy atom. The molecule has 0 radical (unpaired) electrons. The summed E-state index contributed by atoms with van der Waals surface area (Å²) in [6, 6.07) is 4.24. The van der Waals surface area contributed by atoms with E-state index in [0.29, 0.717) is 0 Å². The molecule has 0 bridgehead atoms. The molecule has 2 amide bonds. The van der Waals surface area contributed by atoms with Crippen molar-refractivity contribution in [3.8, 4) is 0 Å². The first-order valence-corrected chi connectivity index (χ1v) is 7.87. The third-order valence-corrected chi connectivity index (χ3v) is 4.34. The van der Waals surface area contributed by atoms with Crippen molar-refractivity contribution in [2.24, 2.45) is 0 Å². The van der Waals surface area contributed by atoms with Gasteiger partial charge in [0.2, 0.25) is 5.91 Å². The molecule has 1 aliphatic carbocycles. The highest BCUT2D eigenvalue weighted by molar-refractivity contribution is 6.43. The number of aliphatic hydroxyl groups is 1. The summed E-state index contributed by atoms with van der Waals surface area (Å²) >= 11 is 11.9. The normalized spacial score (nSPS) is 15.3. The van der Waals surface area contributed by atoms with Crippen molar-refractivity contribution in [2.75, 3.05) is 13.2 Å². The number of aliphatic hydroxyl groups excluding tert-OH is 1. The first kappa shape index (κ1) is 17.1. The number of carbonyl (C=O) groups is 2. The Hall–Kier alpha value is -1.30. The first-order valence-electron chi connectivity index (χ1n) is 7.12. The van der Waals surface area contributed by atoms with Crippen LogP contribution < -0.4 is 5.32 Å². The van der Waals surface area contributed by atoms with Gasteiger partial charge in [-0.25, -0.2) is 0 Å². The van der Waals surface area contributed by atoms with E-state index in [9.17, 15) is 9.59 Å². The smallest absolute Gasteiger partial charge is 0.253 e. The average molecular weight is 345 g/mol. The molecule has 1 unspecified atom stereocenters. The van der Waals surface area contributed by atoms with Crippen molar-refractivity contribution >= 4 is 35.0 Å². The second-order valence-corrected chi connectivity index (χ2v) is 6.07. The predicted molar refractivity (Wildman–Crippen MR) is 85.2 cm³/mol. The fraction of sp³-hybridized carbons (Fsp3) is 0.467. The van der Waals surface area contributed by atoms with E-state index in [1.807, 2.05) is 0 Å². The summed E-state index contributed by atoms with van der Waals surface area (Å²) in [6.45, 7) is 1.80. The minimum absolute atomic E-state index is 0.0942. The highest BCUT2D eigenvalue weighted by Crippen LogP contribution is 2.27. The zero-order valence-electron chi connectivity index (χ0n) is 12.2. The summed E-state index contributed by atoms with van der Waals surface area (Å²) in [6.07, 6.45) is 1.87. The number of hydrogen-bond acceptors (Lipinski definition) is 3. The van der Waals surface area contributed by atoms with E-state index in [1.165, 1.54) is 0 Å². The minimum atomic E-state index is -0.699. The van der Waals surface area contributed by atoms with Crippen molar-refractivity contribution in [2.45, 2.75) is 31.8 Å². The lowest BCUT2D eigenvalue weighted by Gasteiger charge is -2.25. The van der Waals surface area contributed by atoms with E-state index in [0.717, 1.165) is 12.8 Å². The van der Waals surface area contributed by atoms with Gasteiger partial charge in [0, 0.05) is 12.6 Å². The Kier molecular flexibility index (Phi) is 5.67. The molecule has 2 N–H and O–H groups in total. The van der Waals surface area contributed by atoms with Gasteiger partial charge in [-0.05, 0) is 31.9 Å². The van der Waals surface area contributed by atoms with Crippen LogP contribution in [0.3, 0.4) is 0 Å². The molecule has 0 saturated heterocycles. The maximum absolute atomic E-state index is 12.4. The third-order valence-electron chi connectivity index (χ3n) is 3.53. The van der Waals surface area contributed by atoms with Crippen molar-refractivity contribution < 1.29 is 14.7 Å². The van der Waals surface area contributed by atoms with Crippen LogP contribution in [0.25, 0.3) is 0 Å². The van der Waals surface area contributed by atoms with Gasteiger partial charge in [-0.2, -0.15) is 0 Å². The molecule has 1 aliphatic rings. The number of nitrogens with zero attached hydrogens (tertiary/aromatic N) is 1. The average Bonchev–Trinajstić information content (AvgIpc) is 3.31. The van der Waals surface area contributed by atoms with E-state index in [-0.39, 0.29) is 40.7 Å². The van der Waals surface area contributed by atoms with E-state index in [1.54, 1.807) is 30.0 Å². The van der Waals surface area contributed by atoms with Crippen molar-refractivity contribution in [1.82, 2.24) is 10.2 Å². The van der Waals surface area contributed by atoms with Crippen molar-refractivity contribution in [1.29, 1.82) is 0 Å². The summed E-state index contributed by atoms with van der Waals surface area (Å²) in [4.78, 5) is 26.2. The number of hydrogen-bond donors (Lipinski definition) is 2. The molecule has 120 valence electrons. The summed E-state index contributed by atoms with van der Waals surface area (Å²) < 4.78 is 0. The molecule has 7 heteroatoms. The molecule has 0 spiro atoms. The molecule has 2 rings (SSSR count). The molecular weight excluding hydrogens is 327 g/mol. The summed E-state index contributed by atoms with van der Waals surface area (Å²) in [5.41, 5.74) is 0.231. The maximum Gasteiger partial charge on any atom is 0.253 e. The monoisotopic (exact) mass is 344 g/mol. The lowest BCUT2D eigenvalue weighted by Crippen LogP contribution is -2.48. The molecule has 1 saturated carbocycles. The summed E-state index contributed by atoms with van der Waals surface area (Å²) in [5, 5.41) is 12.1. The van der Waals surface area contributed by atoms with E-state index in [2.05, 4.69) is 5.32 Å². The van der Waals surface area contributed by atoms with Gasteiger partial charge in [-0.3, -0.25) is 9.59 Å². The molecule has 1 aromatic carbocycles. The van der Waals surface area contributed by atoms with Gasteiger partial charge in [-0.1, -0.05) is 29.3 Å². The number of halogens is 2. The molecule has 0 aromatic heterocycles. The van der Waals surface area contributed by atoms with Crippen molar-refractivity contribution in [3.05, 3.63) is 33.8 Å². The van der Waals surface area contributed by atoms with Crippen LogP contribution in [0.4, 0.5) is 0 Å². The minimum Gasteiger partial charge on any atom is -0.395 e. The fourth-order valence-electron chi connectivity index (χ4n) is 2.23. The standard InChI is InChI=1S/C15H18Cl2N2O3/c1-9(15(22)19(7-8-20)10-5-6-10)18-14(21)11-3-2-4-12(16)13(11)17/h2-4,9-10,20H,5-8H2,1H3,(H,18,21). The number of rotatable bonds is 6. The number of amides is 2. The van der Waals surface area contributed by atoms with Crippen LogP contribution in [-0.2, 0) is 4.79 Å². The second kappa shape index (κ2) is 7.31. The predicted octanol–water partition coefficient (Wildman–Crippen LogP) is 2.09. The zero-order valence-corrected chi connectivity index (χ0v) is 13.7. The largest absolute Gasteiger partial charge is 0.395 e. The van der Waals surface area contributed by atoms with Crippen LogP contribution in [0.5, 0.6) is 0 Å². The Labute approximate surface area is 139 Å². The Morgan fingerprint density at radius 2 is 2.09 bits per heavy atom. The lowest BCUT2D eigenvalue weighted by atomic mass is 10.2. The molecule has 1 aromatic rings. The summed E-state index contributed by atoms with van der Waals surface area (Å²) in [7, 11) is 0. The first-order chi connectivity index (χ1) is 10.5. The highest BCUT2D eigenvalue weighted by atomic mass is 35.5. The van der Waals surface area contributed by atoms with Crippen LogP contribution >= 0.6 is 23.2 Å². The maximum atomic E-state index is 12.4. The number of nitrogens with one attached hydrogen (secondary N) is 1. The van der Waals surface area contributed by atoms with Crippen LogP contribution in [0.2, 0.25) is 10.0 Å². The Morgan fingerprint density at radius 3 is 2.68 bits per heavy atom. The molecule has 0 heterocycles. The highest BCUT2D eigenvalue weighted by Gasteiger charge is 2.34. The SMILES string of the molecule is CC(NC(=O)c1cccc(Cl)c1Cl)C(=O)N(CCO)C1CC1. The Bertz CT molecular complexity index is 576. The fourth-order valence-corrected chi connectivity index (χ4v) is 2.62. The van der Waals surface area contributed by atoms with Gasteiger partial charge < -0.3 is 15.3 Å². The zero-order chi connectivity index (χ0) is 16.3. The van der Waals surface area contributed by atoms with Crippen molar-refractivity contribution in [3.63, 3.8) is 0 Å². The third kappa shape index (κ3) is 3.91. The van der Waals surface area contributed by atoms with E-state index in [4.69, 9.17) is 28.3 Å². The van der Waals surface area contributed by atoms with Crippen LogP contribution in [0.15, 0.2) is 18.2 Å². The molecule has 1 fully saturated rings. The number of carbonyl (C=O) groups excluding carboxylic acids is 2. The summed E-state index contributed by atoms with van der Waals surface area (Å²) in [5.74, 6) is -0.656. The van der Waals surface area contributed by atoms with Gasteiger partial charge in [-0.15, -0.1) is 0 Å². The second-order valence-electron chi connectivity index (χ2n) is 5.28. The van der Waals surface area contributed by atoms with E-state index < -0.39 is 11.9 Å². The lowest BCUT2D eigenvalue weighted by molar-refractivity contribution is -0.133. The van der Waals surface area contributed by atoms with Crippen LogP contribution in [0, 0.1) is 0 Å². The molecule has 22 heavy (non-hydrogen) atoms. The van der Waals surface area contributed by atoms with Gasteiger partial charge in [0.05, 0.1) is 22.2 Å². The van der Waals surface area contributed by atoms with Gasteiger partial charge in [0.25, 0.3) is 5.91 Å². The van der Waals surface area contributed by atoms with Crippen LogP contribution in [-0.4, -0.2) is 47.1 Å². The van der Waals surface area contributed by atoms with Gasteiger partial charge >= 0.3 is 0 Å². The molecule has 5 nitrogen and oxygen atoms in total. The topological polar surface area (TPSA) is 69.6 Å². The van der Waals surface area contributed by atoms with Gasteiger partial charge in [0.1, 0.15) is 6.04 Å². The van der Waals surface area contributed by atoms with E-state index >= 15 is 0 Å². The van der Waals surface area contributed by atoms with Gasteiger partial charge in [0.15, 0.2) is 0 Å². The Balaban J connectivity index is 2.04. The van der Waals surface area contributed by atoms with Crippen LogP contribution in [0.1, 0.15) is 30.1 Å². The molecule has 0 aliphatic heterocycles. The number of benzene rings is 1. The molecule has 1 atom stereocenters. The molecular formula is C15H18Cl2N2O3. The quantitative estimate of drug-likeness (QED) is 0.830.